The molecule has 4 rings (SSSR count). The molecular formula is C24H28N2O4Si. The number of aromatic carboxylic acids is 1. The maximum absolute atomic E-state index is 12.6. The van der Waals surface area contributed by atoms with Gasteiger partial charge in [-0.25, -0.2) is 4.79 Å². The molecule has 0 saturated carbocycles. The summed E-state index contributed by atoms with van der Waals surface area (Å²) in [5.41, 5.74) is 6.04. The van der Waals surface area contributed by atoms with Crippen LogP contribution in [-0.2, 0) is 0 Å². The van der Waals surface area contributed by atoms with Crippen molar-refractivity contribution in [2.24, 2.45) is 0 Å². The molecule has 0 spiro atoms. The molecule has 7 heteroatoms. The Bertz CT molecular complexity index is 1210. The van der Waals surface area contributed by atoms with Crippen LogP contribution in [-0.4, -0.2) is 36.5 Å². The van der Waals surface area contributed by atoms with Gasteiger partial charge in [-0.1, -0.05) is 25.6 Å². The topological polar surface area (TPSA) is 71.8 Å². The van der Waals surface area contributed by atoms with Crippen LogP contribution in [0.25, 0.3) is 11.3 Å². The molecular weight excluding hydrogens is 408 g/mol. The van der Waals surface area contributed by atoms with E-state index in [0.29, 0.717) is 11.4 Å². The number of fused-ring (bicyclic) bond motifs is 6. The van der Waals surface area contributed by atoms with Crippen molar-refractivity contribution in [3.63, 3.8) is 0 Å². The summed E-state index contributed by atoms with van der Waals surface area (Å²) in [6.45, 7) is 10.9. The fourth-order valence-corrected chi connectivity index (χ4v) is 5.07. The SMILES string of the molecule is COc1cc2c(cc1C#C[Si](C)(C)C)[C@H]1CCC(C)(C)N1n1cc(C(=O)O)c(=O)cc1-2. The third-order valence-corrected chi connectivity index (χ3v) is 6.89. The molecule has 2 aliphatic rings. The summed E-state index contributed by atoms with van der Waals surface area (Å²) in [4.78, 5) is 24.2. The van der Waals surface area contributed by atoms with E-state index in [4.69, 9.17) is 4.74 Å². The number of carbonyl (C=O) groups is 1. The minimum atomic E-state index is -1.57. The lowest BCUT2D eigenvalue weighted by atomic mass is 9.92. The van der Waals surface area contributed by atoms with Crippen LogP contribution in [0.15, 0.2) is 29.2 Å². The molecule has 31 heavy (non-hydrogen) atoms. The second kappa shape index (κ2) is 7.03. The number of carboxylic acids is 1. The van der Waals surface area contributed by atoms with Crippen molar-refractivity contribution in [3.8, 4) is 28.5 Å². The number of rotatable bonds is 2. The van der Waals surface area contributed by atoms with Gasteiger partial charge in [0.2, 0.25) is 0 Å². The normalized spacial score (nSPS) is 18.4. The minimum Gasteiger partial charge on any atom is -0.495 e. The summed E-state index contributed by atoms with van der Waals surface area (Å²) in [7, 11) is 0.0498. The summed E-state index contributed by atoms with van der Waals surface area (Å²) in [5.74, 6) is 2.79. The minimum absolute atomic E-state index is 0.0694. The van der Waals surface area contributed by atoms with Crippen molar-refractivity contribution < 1.29 is 14.6 Å². The lowest BCUT2D eigenvalue weighted by Crippen LogP contribution is -2.50. The van der Waals surface area contributed by atoms with Crippen LogP contribution in [0.3, 0.4) is 0 Å². The summed E-state index contributed by atoms with van der Waals surface area (Å²) in [6.07, 6.45) is 3.35. The molecule has 162 valence electrons. The smallest absolute Gasteiger partial charge is 0.341 e. The van der Waals surface area contributed by atoms with Gasteiger partial charge in [-0.05, 0) is 44.4 Å². The van der Waals surface area contributed by atoms with E-state index in [1.54, 1.807) is 7.11 Å². The van der Waals surface area contributed by atoms with Crippen molar-refractivity contribution in [2.45, 2.75) is 57.9 Å². The zero-order valence-corrected chi connectivity index (χ0v) is 19.9. The Balaban J connectivity index is 2.02. The highest BCUT2D eigenvalue weighted by atomic mass is 28.3. The zero-order valence-electron chi connectivity index (χ0n) is 18.9. The number of ether oxygens (including phenoxy) is 1. The second-order valence-corrected chi connectivity index (χ2v) is 14.7. The van der Waals surface area contributed by atoms with Gasteiger partial charge in [-0.15, -0.1) is 5.54 Å². The van der Waals surface area contributed by atoms with Crippen molar-refractivity contribution in [2.75, 3.05) is 12.1 Å². The van der Waals surface area contributed by atoms with Crippen LogP contribution in [0.5, 0.6) is 5.75 Å². The van der Waals surface area contributed by atoms with Crippen LogP contribution < -0.4 is 15.2 Å². The van der Waals surface area contributed by atoms with Crippen molar-refractivity contribution in [1.29, 1.82) is 0 Å². The van der Waals surface area contributed by atoms with E-state index < -0.39 is 19.5 Å². The van der Waals surface area contributed by atoms with Gasteiger partial charge in [0.25, 0.3) is 0 Å². The van der Waals surface area contributed by atoms with E-state index in [-0.39, 0.29) is 17.1 Å². The first kappa shape index (κ1) is 21.3. The number of aromatic nitrogens is 1. The Labute approximate surface area is 183 Å². The van der Waals surface area contributed by atoms with Gasteiger partial charge in [-0.3, -0.25) is 14.5 Å². The first-order valence-electron chi connectivity index (χ1n) is 10.5. The Morgan fingerprint density at radius 2 is 1.97 bits per heavy atom. The second-order valence-electron chi connectivity index (χ2n) is 9.94. The monoisotopic (exact) mass is 436 g/mol. The van der Waals surface area contributed by atoms with Crippen molar-refractivity contribution >= 4 is 14.0 Å². The number of hydrogen-bond acceptors (Lipinski definition) is 4. The third kappa shape index (κ3) is 3.55. The van der Waals surface area contributed by atoms with Crippen LogP contribution in [0, 0.1) is 11.5 Å². The maximum atomic E-state index is 12.6. The molecule has 1 aromatic heterocycles. The lowest BCUT2D eigenvalue weighted by Gasteiger charge is -2.44. The Kier molecular flexibility index (Phi) is 4.82. The molecule has 0 radical (unpaired) electrons. The molecule has 0 unspecified atom stereocenters. The van der Waals surface area contributed by atoms with Crippen LogP contribution in [0.4, 0.5) is 0 Å². The van der Waals surface area contributed by atoms with Gasteiger partial charge < -0.3 is 9.84 Å². The molecule has 0 aliphatic carbocycles. The van der Waals surface area contributed by atoms with E-state index in [9.17, 15) is 14.7 Å². The largest absolute Gasteiger partial charge is 0.495 e. The quantitative estimate of drug-likeness (QED) is 0.569. The fourth-order valence-electron chi connectivity index (χ4n) is 4.56. The number of pyridine rings is 1. The van der Waals surface area contributed by atoms with E-state index in [0.717, 1.165) is 29.5 Å². The number of hydrogen-bond donors (Lipinski definition) is 1. The molecule has 0 bridgehead atoms. The highest BCUT2D eigenvalue weighted by molar-refractivity contribution is 6.83. The molecule has 0 amide bonds. The predicted molar refractivity (Wildman–Crippen MR) is 124 cm³/mol. The molecule has 1 saturated heterocycles. The molecule has 6 nitrogen and oxygen atoms in total. The average molecular weight is 437 g/mol. The third-order valence-electron chi connectivity index (χ3n) is 6.02. The lowest BCUT2D eigenvalue weighted by molar-refractivity contribution is 0.0694. The van der Waals surface area contributed by atoms with Gasteiger partial charge in [-0.2, -0.15) is 0 Å². The van der Waals surface area contributed by atoms with Gasteiger partial charge >= 0.3 is 5.97 Å². The molecule has 1 fully saturated rings. The first-order valence-corrected chi connectivity index (χ1v) is 14.0. The van der Waals surface area contributed by atoms with Crippen molar-refractivity contribution in [1.82, 2.24) is 4.68 Å². The summed E-state index contributed by atoms with van der Waals surface area (Å²) in [5, 5.41) is 11.7. The number of carboxylic acid groups (broad SMARTS) is 1. The number of benzene rings is 1. The molecule has 1 N–H and O–H groups in total. The fraction of sp³-hybridized carbons (Fsp3) is 0.417. The molecule has 2 aliphatic heterocycles. The summed E-state index contributed by atoms with van der Waals surface area (Å²) >= 11 is 0. The highest BCUT2D eigenvalue weighted by Gasteiger charge is 2.45. The Hall–Kier alpha value is -2.98. The van der Waals surface area contributed by atoms with Crippen LogP contribution in [0.1, 0.15) is 54.2 Å². The van der Waals surface area contributed by atoms with Gasteiger partial charge in [0.15, 0.2) is 5.43 Å². The van der Waals surface area contributed by atoms with E-state index >= 15 is 0 Å². The molecule has 2 aromatic rings. The Morgan fingerprint density at radius 3 is 2.58 bits per heavy atom. The summed E-state index contributed by atoms with van der Waals surface area (Å²) in [6, 6.07) is 5.54. The number of nitrogens with zero attached hydrogens (tertiary/aromatic N) is 2. The standard InChI is InChI=1S/C24H28N2O4Si/c1-24(2)9-7-19-16-11-15(8-10-31(4,5)6)22(30-3)12-17(16)20-13-21(27)18(23(28)29)14-25(20)26(19)24/h11-14,19H,7,9H2,1-6H3,(H,28,29)/t19-/m1/s1. The van der Waals surface area contributed by atoms with Gasteiger partial charge in [0.1, 0.15) is 19.4 Å². The van der Waals surface area contributed by atoms with E-state index in [1.165, 1.54) is 12.3 Å². The predicted octanol–water partition coefficient (Wildman–Crippen LogP) is 4.02. The summed E-state index contributed by atoms with van der Waals surface area (Å²) < 4.78 is 7.51. The average Bonchev–Trinajstić information content (AvgIpc) is 3.00. The van der Waals surface area contributed by atoms with Gasteiger partial charge in [0, 0.05) is 17.8 Å². The Morgan fingerprint density at radius 1 is 1.26 bits per heavy atom. The number of methoxy groups -OCH3 is 1. The molecule has 3 heterocycles. The van der Waals surface area contributed by atoms with Crippen molar-refractivity contribution in [3.05, 3.63) is 51.3 Å². The van der Waals surface area contributed by atoms with Crippen LogP contribution >= 0.6 is 0 Å². The van der Waals surface area contributed by atoms with E-state index in [2.05, 4.69) is 56.0 Å². The van der Waals surface area contributed by atoms with E-state index in [1.807, 2.05) is 10.7 Å². The first-order chi connectivity index (χ1) is 14.4. The highest BCUT2D eigenvalue weighted by Crippen LogP contribution is 2.49. The van der Waals surface area contributed by atoms with Gasteiger partial charge in [0.05, 0.1) is 29.9 Å². The molecule has 1 aromatic carbocycles. The van der Waals surface area contributed by atoms with Crippen LogP contribution in [0.2, 0.25) is 19.6 Å². The molecule has 1 atom stereocenters. The zero-order chi connectivity index (χ0) is 22.7. The maximum Gasteiger partial charge on any atom is 0.341 e.